The molecule has 116 valence electrons. The highest BCUT2D eigenvalue weighted by Gasteiger charge is 2.17. The minimum Gasteiger partial charge on any atom is -0.469 e. The highest BCUT2D eigenvalue weighted by Crippen LogP contribution is 2.13. The van der Waals surface area contributed by atoms with Crippen LogP contribution >= 0.6 is 0 Å². The SMILES string of the molecule is CCCCN(CCC(=O)OC)C(=O)c1ccc(C)c(C)c1. The van der Waals surface area contributed by atoms with Gasteiger partial charge in [-0.3, -0.25) is 9.59 Å². The predicted molar refractivity (Wildman–Crippen MR) is 83.4 cm³/mol. The van der Waals surface area contributed by atoms with Crippen molar-refractivity contribution >= 4 is 11.9 Å². The minimum atomic E-state index is -0.288. The lowest BCUT2D eigenvalue weighted by atomic mass is 10.1. The van der Waals surface area contributed by atoms with Crippen molar-refractivity contribution in [1.82, 2.24) is 4.90 Å². The summed E-state index contributed by atoms with van der Waals surface area (Å²) in [7, 11) is 1.36. The van der Waals surface area contributed by atoms with Crippen LogP contribution in [0.25, 0.3) is 0 Å². The Morgan fingerprint density at radius 2 is 1.86 bits per heavy atom. The van der Waals surface area contributed by atoms with E-state index in [4.69, 9.17) is 0 Å². The van der Waals surface area contributed by atoms with Crippen molar-refractivity contribution in [3.8, 4) is 0 Å². The molecule has 1 rings (SSSR count). The number of aryl methyl sites for hydroxylation is 2. The van der Waals surface area contributed by atoms with E-state index in [1.165, 1.54) is 12.7 Å². The molecule has 0 unspecified atom stereocenters. The van der Waals surface area contributed by atoms with Gasteiger partial charge in [-0.05, 0) is 43.5 Å². The number of amides is 1. The molecule has 4 heteroatoms. The second-order valence-corrected chi connectivity index (χ2v) is 5.27. The maximum absolute atomic E-state index is 12.6. The second-order valence-electron chi connectivity index (χ2n) is 5.27. The average Bonchev–Trinajstić information content (AvgIpc) is 2.49. The summed E-state index contributed by atoms with van der Waals surface area (Å²) < 4.78 is 4.65. The number of esters is 1. The molecule has 4 nitrogen and oxygen atoms in total. The molecule has 0 aliphatic rings. The molecule has 21 heavy (non-hydrogen) atoms. The molecule has 0 N–H and O–H groups in total. The first-order valence-corrected chi connectivity index (χ1v) is 7.43. The monoisotopic (exact) mass is 291 g/mol. The fraction of sp³-hybridized carbons (Fsp3) is 0.529. The first-order chi connectivity index (χ1) is 9.99. The number of benzene rings is 1. The van der Waals surface area contributed by atoms with Gasteiger partial charge >= 0.3 is 5.97 Å². The normalized spacial score (nSPS) is 10.3. The van der Waals surface area contributed by atoms with Crippen molar-refractivity contribution in [2.75, 3.05) is 20.2 Å². The predicted octanol–water partition coefficient (Wildman–Crippen LogP) is 3.11. The first kappa shape index (κ1) is 17.2. The number of hydrogen-bond acceptors (Lipinski definition) is 3. The summed E-state index contributed by atoms with van der Waals surface area (Å²) >= 11 is 0. The Balaban J connectivity index is 2.82. The molecule has 1 aromatic carbocycles. The molecule has 0 saturated carbocycles. The van der Waals surface area contributed by atoms with Gasteiger partial charge in [0.1, 0.15) is 0 Å². The standard InChI is InChI=1S/C17H25NO3/c1-5-6-10-18(11-9-16(19)21-4)17(20)15-8-7-13(2)14(3)12-15/h7-8,12H,5-6,9-11H2,1-4H3. The summed E-state index contributed by atoms with van der Waals surface area (Å²) in [6.07, 6.45) is 2.17. The van der Waals surface area contributed by atoms with Crippen molar-refractivity contribution in [3.05, 3.63) is 34.9 Å². The summed E-state index contributed by atoms with van der Waals surface area (Å²) in [5.74, 6) is -0.306. The van der Waals surface area contributed by atoms with Gasteiger partial charge < -0.3 is 9.64 Å². The van der Waals surface area contributed by atoms with Gasteiger partial charge in [-0.15, -0.1) is 0 Å². The van der Waals surface area contributed by atoms with Crippen LogP contribution in [-0.2, 0) is 9.53 Å². The van der Waals surface area contributed by atoms with E-state index >= 15 is 0 Å². The number of rotatable bonds is 7. The molecule has 0 bridgehead atoms. The van der Waals surface area contributed by atoms with Crippen LogP contribution in [-0.4, -0.2) is 37.0 Å². The lowest BCUT2D eigenvalue weighted by Gasteiger charge is -2.22. The average molecular weight is 291 g/mol. The quantitative estimate of drug-likeness (QED) is 0.725. The number of hydrogen-bond donors (Lipinski definition) is 0. The van der Waals surface area contributed by atoms with E-state index in [1.807, 2.05) is 32.0 Å². The number of nitrogens with zero attached hydrogens (tertiary/aromatic N) is 1. The Morgan fingerprint density at radius 1 is 1.14 bits per heavy atom. The summed E-state index contributed by atoms with van der Waals surface area (Å²) in [6, 6.07) is 5.72. The molecule has 0 aliphatic heterocycles. The highest BCUT2D eigenvalue weighted by atomic mass is 16.5. The molecule has 0 radical (unpaired) electrons. The van der Waals surface area contributed by atoms with E-state index in [0.29, 0.717) is 18.7 Å². The maximum Gasteiger partial charge on any atom is 0.307 e. The van der Waals surface area contributed by atoms with Gasteiger partial charge in [-0.1, -0.05) is 19.4 Å². The Labute approximate surface area is 127 Å². The van der Waals surface area contributed by atoms with Crippen molar-refractivity contribution in [3.63, 3.8) is 0 Å². The van der Waals surface area contributed by atoms with Gasteiger partial charge in [0.15, 0.2) is 0 Å². The van der Waals surface area contributed by atoms with E-state index in [2.05, 4.69) is 11.7 Å². The number of methoxy groups -OCH3 is 1. The van der Waals surface area contributed by atoms with Gasteiger partial charge in [-0.2, -0.15) is 0 Å². The molecule has 1 aromatic rings. The smallest absolute Gasteiger partial charge is 0.307 e. The van der Waals surface area contributed by atoms with Gasteiger partial charge in [0.05, 0.1) is 13.5 Å². The third-order valence-electron chi connectivity index (χ3n) is 3.64. The molecule has 0 aliphatic carbocycles. The van der Waals surface area contributed by atoms with Crippen molar-refractivity contribution in [2.24, 2.45) is 0 Å². The van der Waals surface area contributed by atoms with Crippen LogP contribution in [0.3, 0.4) is 0 Å². The molecule has 1 amide bonds. The zero-order valence-corrected chi connectivity index (χ0v) is 13.4. The Kier molecular flexibility index (Phi) is 6.92. The van der Waals surface area contributed by atoms with Gasteiger partial charge in [0.2, 0.25) is 0 Å². The summed E-state index contributed by atoms with van der Waals surface area (Å²) in [6.45, 7) is 7.17. The number of ether oxygens (including phenoxy) is 1. The lowest BCUT2D eigenvalue weighted by molar-refractivity contribution is -0.140. The van der Waals surface area contributed by atoms with Crippen molar-refractivity contribution < 1.29 is 14.3 Å². The molecule has 0 saturated heterocycles. The summed E-state index contributed by atoms with van der Waals surface area (Å²) in [5.41, 5.74) is 2.95. The largest absolute Gasteiger partial charge is 0.469 e. The zero-order valence-electron chi connectivity index (χ0n) is 13.4. The van der Waals surface area contributed by atoms with Crippen LogP contribution in [0.1, 0.15) is 47.7 Å². The number of carbonyl (C=O) groups is 2. The zero-order chi connectivity index (χ0) is 15.8. The van der Waals surface area contributed by atoms with E-state index in [1.54, 1.807) is 4.90 Å². The lowest BCUT2D eigenvalue weighted by Crippen LogP contribution is -2.34. The first-order valence-electron chi connectivity index (χ1n) is 7.43. The summed E-state index contributed by atoms with van der Waals surface area (Å²) in [4.78, 5) is 25.6. The molecule has 0 fully saturated rings. The van der Waals surface area contributed by atoms with Crippen molar-refractivity contribution in [2.45, 2.75) is 40.0 Å². The van der Waals surface area contributed by atoms with E-state index in [-0.39, 0.29) is 18.3 Å². The third kappa shape index (κ3) is 5.21. The van der Waals surface area contributed by atoms with Gasteiger partial charge in [-0.25, -0.2) is 0 Å². The van der Waals surface area contributed by atoms with Crippen LogP contribution in [0.4, 0.5) is 0 Å². The summed E-state index contributed by atoms with van der Waals surface area (Å²) in [5, 5.41) is 0. The fourth-order valence-electron chi connectivity index (χ4n) is 2.05. The van der Waals surface area contributed by atoms with Crippen LogP contribution in [0, 0.1) is 13.8 Å². The van der Waals surface area contributed by atoms with Crippen LogP contribution in [0.2, 0.25) is 0 Å². The Hall–Kier alpha value is -1.84. The molecule has 0 heterocycles. The molecule has 0 atom stereocenters. The van der Waals surface area contributed by atoms with Gasteiger partial charge in [0.25, 0.3) is 5.91 Å². The van der Waals surface area contributed by atoms with Crippen molar-refractivity contribution in [1.29, 1.82) is 0 Å². The topological polar surface area (TPSA) is 46.6 Å². The second kappa shape index (κ2) is 8.45. The Morgan fingerprint density at radius 3 is 2.43 bits per heavy atom. The van der Waals surface area contributed by atoms with E-state index in [9.17, 15) is 9.59 Å². The maximum atomic E-state index is 12.6. The molecular weight excluding hydrogens is 266 g/mol. The Bertz CT molecular complexity index is 497. The number of unbranched alkanes of at least 4 members (excludes halogenated alkanes) is 1. The molecule has 0 aromatic heterocycles. The fourth-order valence-corrected chi connectivity index (χ4v) is 2.05. The molecular formula is C17H25NO3. The number of carbonyl (C=O) groups excluding carboxylic acids is 2. The highest BCUT2D eigenvalue weighted by molar-refractivity contribution is 5.94. The van der Waals surface area contributed by atoms with E-state index in [0.717, 1.165) is 18.4 Å². The molecule has 0 spiro atoms. The third-order valence-corrected chi connectivity index (χ3v) is 3.64. The van der Waals surface area contributed by atoms with Crippen LogP contribution < -0.4 is 0 Å². The van der Waals surface area contributed by atoms with Crippen LogP contribution in [0.5, 0.6) is 0 Å². The minimum absolute atomic E-state index is 0.0181. The van der Waals surface area contributed by atoms with Gasteiger partial charge in [0, 0.05) is 18.7 Å². The van der Waals surface area contributed by atoms with Crippen LogP contribution in [0.15, 0.2) is 18.2 Å². The van der Waals surface area contributed by atoms with E-state index < -0.39 is 0 Å².